The van der Waals surface area contributed by atoms with Crippen LogP contribution in [0.2, 0.25) is 0 Å². The molecule has 0 saturated heterocycles. The van der Waals surface area contributed by atoms with Gasteiger partial charge in [-0.2, -0.15) is 0 Å². The van der Waals surface area contributed by atoms with Gasteiger partial charge >= 0.3 is 0 Å². The largest absolute Gasteiger partial charge is 0.507 e. The van der Waals surface area contributed by atoms with Crippen molar-refractivity contribution in [2.45, 2.75) is 40.0 Å². The first-order valence-electron chi connectivity index (χ1n) is 7.01. The lowest BCUT2D eigenvalue weighted by Gasteiger charge is -2.09. The monoisotopic (exact) mass is 254 g/mol. The summed E-state index contributed by atoms with van der Waals surface area (Å²) in [6, 6.07) is 12.8. The van der Waals surface area contributed by atoms with Crippen LogP contribution in [-0.4, -0.2) is 5.11 Å². The summed E-state index contributed by atoms with van der Waals surface area (Å²) in [6.07, 6.45) is 3.60. The highest BCUT2D eigenvalue weighted by Gasteiger charge is 2.05. The molecule has 0 bridgehead atoms. The average molecular weight is 254 g/mol. The Kier molecular flexibility index (Phi) is 4.26. The first-order valence-corrected chi connectivity index (χ1v) is 7.01. The number of unbranched alkanes of at least 4 members (excludes halogenated alkanes) is 1. The van der Waals surface area contributed by atoms with E-state index in [1.807, 2.05) is 13.8 Å². The summed E-state index contributed by atoms with van der Waals surface area (Å²) in [5, 5.41) is 9.85. The van der Waals surface area contributed by atoms with Crippen LogP contribution in [0.4, 0.5) is 0 Å². The highest BCUT2D eigenvalue weighted by molar-refractivity contribution is 5.67. The minimum atomic E-state index is 0.408. The molecule has 0 saturated carbocycles. The molecule has 0 unspecified atom stereocenters. The van der Waals surface area contributed by atoms with Gasteiger partial charge < -0.3 is 5.11 Å². The summed E-state index contributed by atoms with van der Waals surface area (Å²) in [6.45, 7) is 6.12. The molecule has 0 heterocycles. The van der Waals surface area contributed by atoms with Gasteiger partial charge in [0.15, 0.2) is 0 Å². The number of hydrogen-bond acceptors (Lipinski definition) is 1. The predicted molar refractivity (Wildman–Crippen MR) is 81.6 cm³/mol. The summed E-state index contributed by atoms with van der Waals surface area (Å²) >= 11 is 0. The number of benzene rings is 2. The fraction of sp³-hybridized carbons (Fsp3) is 0.333. The summed E-state index contributed by atoms with van der Waals surface area (Å²) in [4.78, 5) is 0. The third-order valence-electron chi connectivity index (χ3n) is 3.57. The number of aromatic hydroxyl groups is 1. The van der Waals surface area contributed by atoms with Crippen molar-refractivity contribution >= 4 is 0 Å². The van der Waals surface area contributed by atoms with E-state index in [-0.39, 0.29) is 0 Å². The van der Waals surface area contributed by atoms with Crippen molar-refractivity contribution in [2.75, 3.05) is 0 Å². The molecule has 0 aliphatic rings. The fourth-order valence-corrected chi connectivity index (χ4v) is 2.41. The van der Waals surface area contributed by atoms with Crippen molar-refractivity contribution in [3.05, 3.63) is 53.1 Å². The lowest BCUT2D eigenvalue weighted by Crippen LogP contribution is -1.88. The van der Waals surface area contributed by atoms with Gasteiger partial charge in [0, 0.05) is 0 Å². The van der Waals surface area contributed by atoms with Gasteiger partial charge in [-0.05, 0) is 66.6 Å². The van der Waals surface area contributed by atoms with E-state index in [9.17, 15) is 5.11 Å². The second-order valence-electron chi connectivity index (χ2n) is 5.26. The molecule has 0 radical (unpaired) electrons. The maximum Gasteiger partial charge on any atom is 0.121 e. The normalized spacial score (nSPS) is 10.7. The van der Waals surface area contributed by atoms with Gasteiger partial charge in [0.1, 0.15) is 5.75 Å². The van der Waals surface area contributed by atoms with Gasteiger partial charge in [0.05, 0.1) is 0 Å². The molecule has 0 fully saturated rings. The highest BCUT2D eigenvalue weighted by Crippen LogP contribution is 2.29. The van der Waals surface area contributed by atoms with Gasteiger partial charge in [-0.15, -0.1) is 0 Å². The molecule has 2 rings (SSSR count). The SMILES string of the molecule is CCCCc1cccc(-c2cc(C)c(O)c(C)c2)c1. The Balaban J connectivity index is 2.36. The van der Waals surface area contributed by atoms with E-state index in [1.54, 1.807) is 0 Å². The van der Waals surface area contributed by atoms with Gasteiger partial charge in [-0.1, -0.05) is 37.6 Å². The summed E-state index contributed by atoms with van der Waals surface area (Å²) in [5.41, 5.74) is 5.69. The molecule has 0 amide bonds. The number of aryl methyl sites for hydroxylation is 3. The lowest BCUT2D eigenvalue weighted by atomic mass is 9.97. The molecule has 0 atom stereocenters. The van der Waals surface area contributed by atoms with Crippen LogP contribution < -0.4 is 0 Å². The van der Waals surface area contributed by atoms with Crippen LogP contribution in [-0.2, 0) is 6.42 Å². The minimum absolute atomic E-state index is 0.408. The highest BCUT2D eigenvalue weighted by atomic mass is 16.3. The van der Waals surface area contributed by atoms with E-state index in [2.05, 4.69) is 43.3 Å². The van der Waals surface area contributed by atoms with Crippen LogP contribution in [0.3, 0.4) is 0 Å². The van der Waals surface area contributed by atoms with Crippen LogP contribution in [0.15, 0.2) is 36.4 Å². The Morgan fingerprint density at radius 2 is 1.63 bits per heavy atom. The molecular weight excluding hydrogens is 232 g/mol. The quantitative estimate of drug-likeness (QED) is 0.812. The second-order valence-corrected chi connectivity index (χ2v) is 5.26. The lowest BCUT2D eigenvalue weighted by molar-refractivity contribution is 0.467. The van der Waals surface area contributed by atoms with Gasteiger partial charge in [-0.25, -0.2) is 0 Å². The maximum atomic E-state index is 9.85. The third-order valence-corrected chi connectivity index (χ3v) is 3.57. The van der Waals surface area contributed by atoms with Crippen LogP contribution in [0.25, 0.3) is 11.1 Å². The van der Waals surface area contributed by atoms with E-state index in [4.69, 9.17) is 0 Å². The Labute approximate surface area is 115 Å². The smallest absolute Gasteiger partial charge is 0.121 e. The van der Waals surface area contributed by atoms with Crippen molar-refractivity contribution in [2.24, 2.45) is 0 Å². The summed E-state index contributed by atoms with van der Waals surface area (Å²) < 4.78 is 0. The number of hydrogen-bond donors (Lipinski definition) is 1. The zero-order valence-corrected chi connectivity index (χ0v) is 12.0. The Morgan fingerprint density at radius 3 is 2.26 bits per heavy atom. The Bertz CT molecular complexity index is 547. The van der Waals surface area contributed by atoms with E-state index in [0.29, 0.717) is 5.75 Å². The van der Waals surface area contributed by atoms with Gasteiger partial charge in [-0.3, -0.25) is 0 Å². The fourth-order valence-electron chi connectivity index (χ4n) is 2.41. The van der Waals surface area contributed by atoms with Crippen molar-refractivity contribution in [3.63, 3.8) is 0 Å². The molecule has 2 aromatic carbocycles. The van der Waals surface area contributed by atoms with Crippen molar-refractivity contribution in [1.82, 2.24) is 0 Å². The van der Waals surface area contributed by atoms with E-state index >= 15 is 0 Å². The van der Waals surface area contributed by atoms with E-state index < -0.39 is 0 Å². The number of phenolic OH excluding ortho intramolecular Hbond substituents is 1. The minimum Gasteiger partial charge on any atom is -0.507 e. The third kappa shape index (κ3) is 3.17. The van der Waals surface area contributed by atoms with Crippen LogP contribution in [0.1, 0.15) is 36.5 Å². The molecule has 0 spiro atoms. The van der Waals surface area contributed by atoms with Crippen molar-refractivity contribution in [3.8, 4) is 16.9 Å². The van der Waals surface area contributed by atoms with Crippen LogP contribution >= 0.6 is 0 Å². The van der Waals surface area contributed by atoms with E-state index in [0.717, 1.165) is 17.5 Å². The molecule has 1 heteroatoms. The predicted octanol–water partition coefficient (Wildman–Crippen LogP) is 5.02. The van der Waals surface area contributed by atoms with Gasteiger partial charge in [0.25, 0.3) is 0 Å². The summed E-state index contributed by atoms with van der Waals surface area (Å²) in [5.74, 6) is 0.408. The van der Waals surface area contributed by atoms with Gasteiger partial charge in [0.2, 0.25) is 0 Å². The molecule has 0 aliphatic carbocycles. The van der Waals surface area contributed by atoms with Crippen LogP contribution in [0.5, 0.6) is 5.75 Å². The molecule has 2 aromatic rings. The molecule has 1 N–H and O–H groups in total. The molecule has 19 heavy (non-hydrogen) atoms. The molecule has 100 valence electrons. The van der Waals surface area contributed by atoms with Crippen molar-refractivity contribution < 1.29 is 5.11 Å². The number of rotatable bonds is 4. The maximum absolute atomic E-state index is 9.85. The standard InChI is InChI=1S/C18H22O/c1-4-5-7-15-8-6-9-16(12-15)17-10-13(2)18(19)14(3)11-17/h6,8-12,19H,4-5,7H2,1-3H3. The Hall–Kier alpha value is -1.76. The zero-order valence-electron chi connectivity index (χ0n) is 12.0. The van der Waals surface area contributed by atoms with Crippen LogP contribution in [0, 0.1) is 13.8 Å². The average Bonchev–Trinajstić information content (AvgIpc) is 2.42. The number of phenols is 1. The Morgan fingerprint density at radius 1 is 0.947 bits per heavy atom. The molecule has 0 aromatic heterocycles. The first-order chi connectivity index (χ1) is 9.11. The summed E-state index contributed by atoms with van der Waals surface area (Å²) in [7, 11) is 0. The van der Waals surface area contributed by atoms with E-state index in [1.165, 1.54) is 29.5 Å². The topological polar surface area (TPSA) is 20.2 Å². The molecular formula is C18H22O. The molecule has 1 nitrogen and oxygen atoms in total. The first kappa shape index (κ1) is 13.7. The molecule has 0 aliphatic heterocycles. The van der Waals surface area contributed by atoms with Crippen molar-refractivity contribution in [1.29, 1.82) is 0 Å². The zero-order chi connectivity index (χ0) is 13.8. The second kappa shape index (κ2) is 5.92.